The topological polar surface area (TPSA) is 108 Å². The Balaban J connectivity index is 4.53. The molecule has 51 heavy (non-hydrogen) atoms. The van der Waals surface area contributed by atoms with Crippen LogP contribution in [-0.2, 0) is 32.7 Å². The van der Waals surface area contributed by atoms with Crippen LogP contribution < -0.4 is 0 Å². The zero-order valence-corrected chi connectivity index (χ0v) is 34.0. The van der Waals surface area contributed by atoms with E-state index in [1.54, 1.807) is 0 Å². The van der Waals surface area contributed by atoms with E-state index in [1.165, 1.54) is 70.6 Å². The standard InChI is InChI=1S/C41H74NO8P/c1-6-8-10-12-14-16-18-19-20-21-22-23-24-26-28-30-32-34-41(44)50-39(38-49-51(45,46)48-36-35-42(3,4)5)37-47-40(43)33-31-29-27-25-17-15-13-11-9-7-2/h14,16,19-20,22-23,26,28,39H,6-13,15,17-18,21,24-25,27,29-38H2,1-5H3/p+1/b16-14+,20-19+,23-22+,28-26+/t39-/m1/s1. The molecule has 0 aliphatic rings. The van der Waals surface area contributed by atoms with Gasteiger partial charge < -0.3 is 18.9 Å². The fraction of sp³-hybridized carbons (Fsp3) is 0.756. The predicted molar refractivity (Wildman–Crippen MR) is 210 cm³/mol. The van der Waals surface area contributed by atoms with Crippen molar-refractivity contribution in [1.82, 2.24) is 0 Å². The summed E-state index contributed by atoms with van der Waals surface area (Å²) in [6.07, 6.45) is 37.4. The van der Waals surface area contributed by atoms with E-state index in [9.17, 15) is 19.0 Å². The van der Waals surface area contributed by atoms with E-state index in [4.69, 9.17) is 18.5 Å². The summed E-state index contributed by atoms with van der Waals surface area (Å²) >= 11 is 0. The van der Waals surface area contributed by atoms with Crippen LogP contribution in [0.2, 0.25) is 0 Å². The second kappa shape index (κ2) is 33.8. The van der Waals surface area contributed by atoms with E-state index in [1.807, 2.05) is 27.2 Å². The normalized spacial score (nSPS) is 14.2. The van der Waals surface area contributed by atoms with Gasteiger partial charge in [0.25, 0.3) is 0 Å². The molecule has 0 aromatic rings. The summed E-state index contributed by atoms with van der Waals surface area (Å²) in [5.74, 6) is -0.869. The Labute approximate surface area is 312 Å². The maximum Gasteiger partial charge on any atom is 0.472 e. The van der Waals surface area contributed by atoms with E-state index < -0.39 is 26.5 Å². The van der Waals surface area contributed by atoms with Crippen molar-refractivity contribution >= 4 is 19.8 Å². The highest BCUT2D eigenvalue weighted by molar-refractivity contribution is 7.47. The predicted octanol–water partition coefficient (Wildman–Crippen LogP) is 10.7. The number of allylic oxidation sites excluding steroid dienone is 8. The summed E-state index contributed by atoms with van der Waals surface area (Å²) in [7, 11) is 1.44. The summed E-state index contributed by atoms with van der Waals surface area (Å²) in [5, 5.41) is 0. The van der Waals surface area contributed by atoms with Crippen molar-refractivity contribution in [3.8, 4) is 0 Å². The van der Waals surface area contributed by atoms with Gasteiger partial charge in [0, 0.05) is 12.8 Å². The number of hydrogen-bond donors (Lipinski definition) is 1. The van der Waals surface area contributed by atoms with Crippen LogP contribution in [0.1, 0.15) is 149 Å². The van der Waals surface area contributed by atoms with Gasteiger partial charge in [0.1, 0.15) is 19.8 Å². The molecule has 0 radical (unpaired) electrons. The average molecular weight is 741 g/mol. The number of nitrogens with zero attached hydrogens (tertiary/aromatic N) is 1. The third-order valence-corrected chi connectivity index (χ3v) is 9.10. The summed E-state index contributed by atoms with van der Waals surface area (Å²) < 4.78 is 34.1. The van der Waals surface area contributed by atoms with E-state index in [-0.39, 0.29) is 32.0 Å². The molecule has 0 aromatic carbocycles. The number of ether oxygens (including phenoxy) is 2. The first-order valence-corrected chi connectivity index (χ1v) is 21.4. The number of hydrogen-bond acceptors (Lipinski definition) is 7. The lowest BCUT2D eigenvalue weighted by Gasteiger charge is -2.24. The summed E-state index contributed by atoms with van der Waals surface area (Å²) in [6.45, 7) is 4.29. The molecule has 296 valence electrons. The van der Waals surface area contributed by atoms with Crippen LogP contribution in [0.25, 0.3) is 0 Å². The van der Waals surface area contributed by atoms with Crippen LogP contribution in [0, 0.1) is 0 Å². The molecule has 10 heteroatoms. The van der Waals surface area contributed by atoms with Gasteiger partial charge in [-0.25, -0.2) is 4.57 Å². The van der Waals surface area contributed by atoms with E-state index >= 15 is 0 Å². The first kappa shape index (κ1) is 49.0. The fourth-order valence-electron chi connectivity index (χ4n) is 4.95. The van der Waals surface area contributed by atoms with Gasteiger partial charge in [0.15, 0.2) is 6.10 Å². The molecule has 0 amide bonds. The van der Waals surface area contributed by atoms with Crippen LogP contribution in [0.15, 0.2) is 48.6 Å². The van der Waals surface area contributed by atoms with Crippen LogP contribution in [-0.4, -0.2) is 74.9 Å². The lowest BCUT2D eigenvalue weighted by Crippen LogP contribution is -2.37. The molecular formula is C41H75NO8P+. The Bertz CT molecular complexity index is 1020. The zero-order valence-electron chi connectivity index (χ0n) is 33.1. The van der Waals surface area contributed by atoms with Crippen molar-refractivity contribution < 1.29 is 42.1 Å². The van der Waals surface area contributed by atoms with Crippen LogP contribution >= 0.6 is 7.82 Å². The summed E-state index contributed by atoms with van der Waals surface area (Å²) in [5.41, 5.74) is 0. The van der Waals surface area contributed by atoms with Crippen LogP contribution in [0.5, 0.6) is 0 Å². The molecule has 0 bridgehead atoms. The molecule has 0 aromatic heterocycles. The Morgan fingerprint density at radius 2 is 1.08 bits per heavy atom. The number of unbranched alkanes of at least 4 members (excludes halogenated alkanes) is 13. The molecule has 2 atom stereocenters. The lowest BCUT2D eigenvalue weighted by molar-refractivity contribution is -0.870. The molecule has 0 heterocycles. The molecule has 0 spiro atoms. The fourth-order valence-corrected chi connectivity index (χ4v) is 5.69. The van der Waals surface area contributed by atoms with Gasteiger partial charge in [-0.2, -0.15) is 0 Å². The van der Waals surface area contributed by atoms with Gasteiger partial charge in [-0.15, -0.1) is 0 Å². The lowest BCUT2D eigenvalue weighted by atomic mass is 10.1. The van der Waals surface area contributed by atoms with Crippen molar-refractivity contribution in [3.05, 3.63) is 48.6 Å². The molecule has 0 saturated carbocycles. The van der Waals surface area contributed by atoms with Crippen molar-refractivity contribution in [2.24, 2.45) is 0 Å². The van der Waals surface area contributed by atoms with Gasteiger partial charge in [-0.1, -0.05) is 133 Å². The molecule has 0 aliphatic carbocycles. The quantitative estimate of drug-likeness (QED) is 0.0225. The monoisotopic (exact) mass is 741 g/mol. The maximum absolute atomic E-state index is 12.6. The molecular weight excluding hydrogens is 665 g/mol. The number of carbonyl (C=O) groups excluding carboxylic acids is 2. The Kier molecular flexibility index (Phi) is 32.4. The minimum atomic E-state index is -4.38. The van der Waals surface area contributed by atoms with Gasteiger partial charge in [-0.3, -0.25) is 18.6 Å². The van der Waals surface area contributed by atoms with E-state index in [0.717, 1.165) is 38.5 Å². The van der Waals surface area contributed by atoms with Gasteiger partial charge in [0.05, 0.1) is 27.7 Å². The average Bonchev–Trinajstić information content (AvgIpc) is 3.07. The van der Waals surface area contributed by atoms with E-state index in [2.05, 4.69) is 56.4 Å². The highest BCUT2D eigenvalue weighted by atomic mass is 31.2. The summed E-state index contributed by atoms with van der Waals surface area (Å²) in [4.78, 5) is 35.1. The third kappa shape index (κ3) is 37.5. The highest BCUT2D eigenvalue weighted by Crippen LogP contribution is 2.43. The molecule has 1 N–H and O–H groups in total. The molecule has 0 rings (SSSR count). The minimum absolute atomic E-state index is 0.0209. The largest absolute Gasteiger partial charge is 0.472 e. The molecule has 0 aliphatic heterocycles. The second-order valence-corrected chi connectivity index (χ2v) is 15.8. The van der Waals surface area contributed by atoms with Gasteiger partial charge >= 0.3 is 19.8 Å². The molecule has 9 nitrogen and oxygen atoms in total. The van der Waals surface area contributed by atoms with Gasteiger partial charge in [-0.05, 0) is 51.4 Å². The molecule has 0 fully saturated rings. The Morgan fingerprint density at radius 3 is 1.63 bits per heavy atom. The number of quaternary nitrogens is 1. The third-order valence-electron chi connectivity index (χ3n) is 8.11. The summed E-state index contributed by atoms with van der Waals surface area (Å²) in [6, 6.07) is 0. The SMILES string of the molecule is CCCCC/C=C/C/C=C/C/C=C/C/C=C/CCCC(=O)O[C@H](COC(=O)CCCCCCCCCCCC)COP(=O)(O)OCC[N+](C)(C)C. The molecule has 1 unspecified atom stereocenters. The van der Waals surface area contributed by atoms with Crippen LogP contribution in [0.4, 0.5) is 0 Å². The maximum atomic E-state index is 12.6. The number of phosphoric acid groups is 1. The van der Waals surface area contributed by atoms with Crippen molar-refractivity contribution in [2.75, 3.05) is 47.5 Å². The Hall–Kier alpha value is -2.03. The Morgan fingerprint density at radius 1 is 0.608 bits per heavy atom. The second-order valence-electron chi connectivity index (χ2n) is 14.3. The van der Waals surface area contributed by atoms with Crippen molar-refractivity contribution in [2.45, 2.75) is 155 Å². The van der Waals surface area contributed by atoms with Crippen molar-refractivity contribution in [1.29, 1.82) is 0 Å². The number of carbonyl (C=O) groups is 2. The number of phosphoric ester groups is 1. The number of likely N-dealkylation sites (N-methyl/N-ethyl adjacent to an activating group) is 1. The van der Waals surface area contributed by atoms with Crippen LogP contribution in [0.3, 0.4) is 0 Å². The smallest absolute Gasteiger partial charge is 0.462 e. The number of esters is 2. The van der Waals surface area contributed by atoms with E-state index in [0.29, 0.717) is 23.9 Å². The van der Waals surface area contributed by atoms with Crippen molar-refractivity contribution in [3.63, 3.8) is 0 Å². The van der Waals surface area contributed by atoms with Gasteiger partial charge in [0.2, 0.25) is 0 Å². The minimum Gasteiger partial charge on any atom is -0.462 e. The molecule has 0 saturated heterocycles. The zero-order chi connectivity index (χ0) is 37.9. The first-order valence-electron chi connectivity index (χ1n) is 19.9. The highest BCUT2D eigenvalue weighted by Gasteiger charge is 2.27. The number of rotatable bonds is 35. The first-order chi connectivity index (χ1) is 24.5.